The van der Waals surface area contributed by atoms with Crippen molar-refractivity contribution >= 4 is 17.9 Å². The number of ether oxygens (including phenoxy) is 3. The summed E-state index contributed by atoms with van der Waals surface area (Å²) in [6.45, 7) is 6.64. The number of hydrogen-bond donors (Lipinski definition) is 0. The third kappa shape index (κ3) is 62.9. The topological polar surface area (TPSA) is 78.9 Å². The van der Waals surface area contributed by atoms with Crippen molar-refractivity contribution in [3.63, 3.8) is 0 Å². The van der Waals surface area contributed by atoms with Gasteiger partial charge in [-0.05, 0) is 38.5 Å². The Morgan fingerprint density at radius 2 is 0.467 bits per heavy atom. The lowest BCUT2D eigenvalue weighted by atomic mass is 10.0. The predicted molar refractivity (Wildman–Crippen MR) is 326 cm³/mol. The molecule has 0 heterocycles. The van der Waals surface area contributed by atoms with Crippen molar-refractivity contribution in [1.29, 1.82) is 0 Å². The lowest BCUT2D eigenvalue weighted by Crippen LogP contribution is -2.30. The van der Waals surface area contributed by atoms with Gasteiger partial charge in [-0.25, -0.2) is 0 Å². The van der Waals surface area contributed by atoms with E-state index in [4.69, 9.17) is 14.2 Å². The van der Waals surface area contributed by atoms with Crippen molar-refractivity contribution in [2.75, 3.05) is 13.2 Å². The molecule has 0 aliphatic rings. The molecule has 0 rings (SSSR count). The van der Waals surface area contributed by atoms with Crippen molar-refractivity contribution in [2.24, 2.45) is 0 Å². The van der Waals surface area contributed by atoms with E-state index in [1.54, 1.807) is 0 Å². The quantitative estimate of drug-likeness (QED) is 0.0261. The Labute approximate surface area is 469 Å². The average molecular weight is 1060 g/mol. The predicted octanol–water partition coefficient (Wildman–Crippen LogP) is 23.2. The number of rotatable bonds is 64. The highest BCUT2D eigenvalue weighted by Crippen LogP contribution is 2.19. The molecular weight excluding hydrogens is 925 g/mol. The summed E-state index contributed by atoms with van der Waals surface area (Å²) >= 11 is 0. The largest absolute Gasteiger partial charge is 0.462 e. The van der Waals surface area contributed by atoms with Gasteiger partial charge < -0.3 is 14.2 Å². The Bertz CT molecular complexity index is 1170. The van der Waals surface area contributed by atoms with Crippen LogP contribution in [0.5, 0.6) is 0 Å². The van der Waals surface area contributed by atoms with Crippen LogP contribution in [-0.4, -0.2) is 37.2 Å². The van der Waals surface area contributed by atoms with Gasteiger partial charge in [-0.15, -0.1) is 0 Å². The summed E-state index contributed by atoms with van der Waals surface area (Å²) in [6.07, 6.45) is 77.0. The van der Waals surface area contributed by atoms with Crippen molar-refractivity contribution in [2.45, 2.75) is 399 Å². The van der Waals surface area contributed by atoms with Gasteiger partial charge in [0.1, 0.15) is 13.2 Å². The standard InChI is InChI=1S/C69H132O6/c1-4-7-10-13-16-19-22-24-25-26-27-28-29-30-31-32-33-34-35-36-37-38-39-40-41-42-43-44-46-47-50-53-56-59-62-68(71)74-65-66(64-73-67(70)61-58-55-52-49-21-18-15-12-9-6-3)75-69(72)63-60-57-54-51-48-45-23-20-17-14-11-8-5-2/h12,15,66H,4-11,13-14,16-65H2,1-3H3/b15-12-. The van der Waals surface area contributed by atoms with Crippen LogP contribution in [0, 0.1) is 0 Å². The van der Waals surface area contributed by atoms with E-state index in [9.17, 15) is 14.4 Å². The second-order valence-corrected chi connectivity index (χ2v) is 23.5. The van der Waals surface area contributed by atoms with Crippen LogP contribution in [0.15, 0.2) is 12.2 Å². The zero-order valence-corrected chi connectivity index (χ0v) is 51.1. The van der Waals surface area contributed by atoms with Crippen molar-refractivity contribution in [1.82, 2.24) is 0 Å². The summed E-state index contributed by atoms with van der Waals surface area (Å²) in [5.41, 5.74) is 0. The number of esters is 3. The van der Waals surface area contributed by atoms with Crippen LogP contribution in [0.4, 0.5) is 0 Å². The third-order valence-corrected chi connectivity index (χ3v) is 15.8. The normalized spacial score (nSPS) is 12.0. The highest BCUT2D eigenvalue weighted by molar-refractivity contribution is 5.71. The molecule has 0 bridgehead atoms. The fourth-order valence-corrected chi connectivity index (χ4v) is 10.6. The van der Waals surface area contributed by atoms with Crippen LogP contribution in [0.3, 0.4) is 0 Å². The molecule has 1 atom stereocenters. The minimum absolute atomic E-state index is 0.0666. The van der Waals surface area contributed by atoms with Crippen LogP contribution in [0.1, 0.15) is 393 Å². The Hall–Kier alpha value is -1.85. The minimum Gasteiger partial charge on any atom is -0.462 e. The van der Waals surface area contributed by atoms with Crippen molar-refractivity contribution < 1.29 is 28.6 Å². The second-order valence-electron chi connectivity index (χ2n) is 23.5. The molecule has 0 aliphatic heterocycles. The molecule has 0 saturated carbocycles. The number of hydrogen-bond acceptors (Lipinski definition) is 6. The molecule has 75 heavy (non-hydrogen) atoms. The highest BCUT2D eigenvalue weighted by Gasteiger charge is 2.19. The van der Waals surface area contributed by atoms with Gasteiger partial charge in [-0.2, -0.15) is 0 Å². The number of carbonyl (C=O) groups is 3. The first kappa shape index (κ1) is 73.2. The summed E-state index contributed by atoms with van der Waals surface area (Å²) in [5, 5.41) is 0. The van der Waals surface area contributed by atoms with E-state index in [1.165, 1.54) is 283 Å². The fraction of sp³-hybridized carbons (Fsp3) is 0.928. The van der Waals surface area contributed by atoms with Crippen LogP contribution in [-0.2, 0) is 28.6 Å². The fourth-order valence-electron chi connectivity index (χ4n) is 10.6. The molecule has 0 aromatic rings. The first-order valence-corrected chi connectivity index (χ1v) is 34.2. The Morgan fingerprint density at radius 1 is 0.253 bits per heavy atom. The van der Waals surface area contributed by atoms with E-state index in [1.807, 2.05) is 0 Å². The number of carbonyl (C=O) groups excluding carboxylic acids is 3. The van der Waals surface area contributed by atoms with E-state index in [-0.39, 0.29) is 31.1 Å². The Balaban J connectivity index is 3.94. The van der Waals surface area contributed by atoms with Gasteiger partial charge in [0.25, 0.3) is 0 Å². The summed E-state index contributed by atoms with van der Waals surface area (Å²) in [6, 6.07) is 0. The van der Waals surface area contributed by atoms with Crippen LogP contribution in [0.25, 0.3) is 0 Å². The first-order chi connectivity index (χ1) is 37.0. The molecule has 444 valence electrons. The lowest BCUT2D eigenvalue weighted by molar-refractivity contribution is -0.167. The van der Waals surface area contributed by atoms with Gasteiger partial charge in [0.05, 0.1) is 0 Å². The molecule has 0 amide bonds. The SMILES string of the molecule is CCC/C=C\CCCCCCCC(=O)OCC(COC(=O)CCCCCCCCCCCCCCCCCCCCCCCCCCCCCCCCCCCC)OC(=O)CCCCCCCCCCCCCCC. The summed E-state index contributed by atoms with van der Waals surface area (Å²) in [4.78, 5) is 38.1. The van der Waals surface area contributed by atoms with Crippen molar-refractivity contribution in [3.05, 3.63) is 12.2 Å². The molecule has 0 aliphatic carbocycles. The van der Waals surface area contributed by atoms with Gasteiger partial charge in [-0.3, -0.25) is 14.4 Å². The average Bonchev–Trinajstić information content (AvgIpc) is 3.41. The molecule has 6 nitrogen and oxygen atoms in total. The zero-order valence-electron chi connectivity index (χ0n) is 51.1. The summed E-state index contributed by atoms with van der Waals surface area (Å²) in [5.74, 6) is -0.852. The van der Waals surface area contributed by atoms with Crippen molar-refractivity contribution in [3.8, 4) is 0 Å². The smallest absolute Gasteiger partial charge is 0.306 e. The van der Waals surface area contributed by atoms with Crippen LogP contribution in [0.2, 0.25) is 0 Å². The molecule has 6 heteroatoms. The minimum atomic E-state index is -0.767. The van der Waals surface area contributed by atoms with E-state index in [0.717, 1.165) is 70.6 Å². The zero-order chi connectivity index (χ0) is 54.3. The highest BCUT2D eigenvalue weighted by atomic mass is 16.6. The summed E-state index contributed by atoms with van der Waals surface area (Å²) < 4.78 is 16.9. The molecule has 0 spiro atoms. The van der Waals surface area contributed by atoms with E-state index in [2.05, 4.69) is 32.9 Å². The molecular formula is C69H132O6. The maximum Gasteiger partial charge on any atom is 0.306 e. The molecule has 0 fully saturated rings. The van der Waals surface area contributed by atoms with E-state index < -0.39 is 6.10 Å². The van der Waals surface area contributed by atoms with Gasteiger partial charge in [0.15, 0.2) is 6.10 Å². The molecule has 0 aromatic heterocycles. The van der Waals surface area contributed by atoms with E-state index in [0.29, 0.717) is 19.3 Å². The van der Waals surface area contributed by atoms with Crippen LogP contribution >= 0.6 is 0 Å². The number of allylic oxidation sites excluding steroid dienone is 2. The maximum atomic E-state index is 12.8. The number of unbranched alkanes of at least 4 members (excludes halogenated alkanes) is 51. The monoisotopic (exact) mass is 1060 g/mol. The molecule has 1 unspecified atom stereocenters. The van der Waals surface area contributed by atoms with Crippen LogP contribution < -0.4 is 0 Å². The Kier molecular flexibility index (Phi) is 63.1. The lowest BCUT2D eigenvalue weighted by Gasteiger charge is -2.18. The van der Waals surface area contributed by atoms with Gasteiger partial charge in [0, 0.05) is 19.3 Å². The van der Waals surface area contributed by atoms with Gasteiger partial charge in [-0.1, -0.05) is 348 Å². The summed E-state index contributed by atoms with van der Waals surface area (Å²) in [7, 11) is 0. The molecule has 0 N–H and O–H groups in total. The molecule has 0 aromatic carbocycles. The second kappa shape index (κ2) is 64.7. The first-order valence-electron chi connectivity index (χ1n) is 34.2. The molecule has 0 radical (unpaired) electrons. The van der Waals surface area contributed by atoms with Gasteiger partial charge >= 0.3 is 17.9 Å². The van der Waals surface area contributed by atoms with E-state index >= 15 is 0 Å². The Morgan fingerprint density at radius 3 is 0.720 bits per heavy atom. The maximum absolute atomic E-state index is 12.8. The van der Waals surface area contributed by atoms with Gasteiger partial charge in [0.2, 0.25) is 0 Å². The third-order valence-electron chi connectivity index (χ3n) is 15.8. The molecule has 0 saturated heterocycles.